The predicted molar refractivity (Wildman–Crippen MR) is 75.0 cm³/mol. The molecule has 1 aromatic carbocycles. The Kier molecular flexibility index (Phi) is 5.80. The van der Waals surface area contributed by atoms with Gasteiger partial charge in [0.25, 0.3) is 0 Å². The summed E-state index contributed by atoms with van der Waals surface area (Å²) in [4.78, 5) is 0. The summed E-state index contributed by atoms with van der Waals surface area (Å²) in [6.07, 6.45) is 8.38. The first-order valence-electron chi connectivity index (χ1n) is 6.38. The lowest BCUT2D eigenvalue weighted by Crippen LogP contribution is -2.20. The van der Waals surface area contributed by atoms with Crippen LogP contribution in [-0.4, -0.2) is 6.54 Å². The zero-order valence-electron chi connectivity index (χ0n) is 11.2. The van der Waals surface area contributed by atoms with Crippen LogP contribution in [0, 0.1) is 26.2 Å². The molecule has 0 saturated carbocycles. The van der Waals surface area contributed by atoms with E-state index in [4.69, 9.17) is 6.42 Å². The molecule has 0 aliphatic rings. The van der Waals surface area contributed by atoms with Crippen molar-refractivity contribution >= 4 is 0 Å². The van der Waals surface area contributed by atoms with Crippen molar-refractivity contribution < 1.29 is 0 Å². The van der Waals surface area contributed by atoms with Crippen molar-refractivity contribution in [1.29, 1.82) is 0 Å². The van der Waals surface area contributed by atoms with Gasteiger partial charge in [-0.05, 0) is 45.7 Å². The van der Waals surface area contributed by atoms with Crippen molar-refractivity contribution in [2.24, 2.45) is 0 Å². The van der Waals surface area contributed by atoms with Crippen molar-refractivity contribution in [3.63, 3.8) is 0 Å². The number of rotatable bonds is 6. The molecule has 17 heavy (non-hydrogen) atoms. The highest BCUT2D eigenvalue weighted by atomic mass is 14.9. The normalized spacial score (nSPS) is 12.1. The van der Waals surface area contributed by atoms with E-state index < -0.39 is 0 Å². The molecule has 0 aromatic heterocycles. The van der Waals surface area contributed by atoms with Gasteiger partial charge in [0.1, 0.15) is 0 Å². The highest BCUT2D eigenvalue weighted by Crippen LogP contribution is 2.16. The van der Waals surface area contributed by atoms with Gasteiger partial charge in [0.15, 0.2) is 0 Å². The molecule has 0 saturated heterocycles. The number of unbranched alkanes of at least 4 members (excludes halogenated alkanes) is 2. The molecule has 0 aliphatic carbocycles. The summed E-state index contributed by atoms with van der Waals surface area (Å²) in [6, 6.07) is 7.14. The summed E-state index contributed by atoms with van der Waals surface area (Å²) in [6.45, 7) is 7.55. The number of nitrogens with one attached hydrogen (secondary N) is 1. The molecule has 1 heteroatoms. The van der Waals surface area contributed by atoms with Crippen LogP contribution < -0.4 is 5.32 Å². The molecule has 0 radical (unpaired) electrons. The van der Waals surface area contributed by atoms with Gasteiger partial charge < -0.3 is 5.32 Å². The molecule has 0 bridgehead atoms. The lowest BCUT2D eigenvalue weighted by molar-refractivity contribution is 0.549. The summed E-state index contributed by atoms with van der Waals surface area (Å²) in [5.41, 5.74) is 4.04. The highest BCUT2D eigenvalue weighted by molar-refractivity contribution is 5.30. The second-order valence-electron chi connectivity index (χ2n) is 4.76. The van der Waals surface area contributed by atoms with E-state index in [2.05, 4.69) is 50.2 Å². The standard InChI is InChI=1S/C16H23N/c1-5-6-7-8-9-17-15(4)16-11-13(2)10-14(3)12-16/h1,10-12,15,17H,6-9H2,2-4H3. The third-order valence-electron chi connectivity index (χ3n) is 2.94. The van der Waals surface area contributed by atoms with E-state index in [1.165, 1.54) is 16.7 Å². The number of terminal acetylenes is 1. The molecule has 1 unspecified atom stereocenters. The number of hydrogen-bond acceptors (Lipinski definition) is 1. The zero-order chi connectivity index (χ0) is 12.7. The number of hydrogen-bond donors (Lipinski definition) is 1. The van der Waals surface area contributed by atoms with E-state index in [0.29, 0.717) is 6.04 Å². The quantitative estimate of drug-likeness (QED) is 0.578. The Morgan fingerprint density at radius 2 is 1.82 bits per heavy atom. The van der Waals surface area contributed by atoms with Gasteiger partial charge in [0, 0.05) is 12.5 Å². The number of aryl methyl sites for hydroxylation is 2. The second kappa shape index (κ2) is 7.14. The first kappa shape index (κ1) is 13.8. The zero-order valence-corrected chi connectivity index (χ0v) is 11.2. The van der Waals surface area contributed by atoms with Crippen LogP contribution in [0.15, 0.2) is 18.2 Å². The lowest BCUT2D eigenvalue weighted by Gasteiger charge is -2.15. The highest BCUT2D eigenvalue weighted by Gasteiger charge is 2.05. The monoisotopic (exact) mass is 229 g/mol. The summed E-state index contributed by atoms with van der Waals surface area (Å²) in [5.74, 6) is 2.67. The van der Waals surface area contributed by atoms with E-state index in [1.807, 2.05) is 0 Å². The van der Waals surface area contributed by atoms with Crippen LogP contribution in [0.3, 0.4) is 0 Å². The number of benzene rings is 1. The first-order chi connectivity index (χ1) is 8.13. The molecule has 0 spiro atoms. The third kappa shape index (κ3) is 5.06. The van der Waals surface area contributed by atoms with Gasteiger partial charge in [-0.15, -0.1) is 12.3 Å². The Balaban J connectivity index is 2.41. The Bertz CT molecular complexity index is 367. The molecular weight excluding hydrogens is 206 g/mol. The van der Waals surface area contributed by atoms with Gasteiger partial charge in [-0.2, -0.15) is 0 Å². The van der Waals surface area contributed by atoms with E-state index in [9.17, 15) is 0 Å². The summed E-state index contributed by atoms with van der Waals surface area (Å²) in [7, 11) is 0. The molecule has 1 N–H and O–H groups in total. The van der Waals surface area contributed by atoms with E-state index in [0.717, 1.165) is 25.8 Å². The van der Waals surface area contributed by atoms with Crippen molar-refractivity contribution in [3.05, 3.63) is 34.9 Å². The smallest absolute Gasteiger partial charge is 0.0291 e. The van der Waals surface area contributed by atoms with Gasteiger partial charge in [0.05, 0.1) is 0 Å². The Hall–Kier alpha value is -1.26. The van der Waals surface area contributed by atoms with Gasteiger partial charge in [-0.25, -0.2) is 0 Å². The molecule has 1 rings (SSSR count). The fourth-order valence-electron chi connectivity index (χ4n) is 2.05. The minimum absolute atomic E-state index is 0.416. The van der Waals surface area contributed by atoms with Crippen LogP contribution in [0.25, 0.3) is 0 Å². The molecule has 0 amide bonds. The van der Waals surface area contributed by atoms with Crippen LogP contribution >= 0.6 is 0 Å². The van der Waals surface area contributed by atoms with Gasteiger partial charge >= 0.3 is 0 Å². The Morgan fingerprint density at radius 1 is 1.18 bits per heavy atom. The average molecular weight is 229 g/mol. The molecule has 0 fully saturated rings. The fourth-order valence-corrected chi connectivity index (χ4v) is 2.05. The fraction of sp³-hybridized carbons (Fsp3) is 0.500. The molecule has 1 nitrogen and oxygen atoms in total. The van der Waals surface area contributed by atoms with E-state index in [-0.39, 0.29) is 0 Å². The topological polar surface area (TPSA) is 12.0 Å². The van der Waals surface area contributed by atoms with Crippen LogP contribution in [0.2, 0.25) is 0 Å². The second-order valence-corrected chi connectivity index (χ2v) is 4.76. The maximum atomic E-state index is 5.22. The van der Waals surface area contributed by atoms with Gasteiger partial charge in [0.2, 0.25) is 0 Å². The minimum Gasteiger partial charge on any atom is -0.310 e. The van der Waals surface area contributed by atoms with Crippen LogP contribution in [0.1, 0.15) is 48.9 Å². The van der Waals surface area contributed by atoms with Crippen molar-refractivity contribution in [2.45, 2.75) is 46.1 Å². The Morgan fingerprint density at radius 3 is 2.41 bits per heavy atom. The van der Waals surface area contributed by atoms with Gasteiger partial charge in [-0.1, -0.05) is 29.3 Å². The van der Waals surface area contributed by atoms with Crippen molar-refractivity contribution in [2.75, 3.05) is 6.54 Å². The molecule has 1 aromatic rings. The minimum atomic E-state index is 0.416. The van der Waals surface area contributed by atoms with E-state index >= 15 is 0 Å². The summed E-state index contributed by atoms with van der Waals surface area (Å²) < 4.78 is 0. The molecule has 92 valence electrons. The van der Waals surface area contributed by atoms with Crippen molar-refractivity contribution in [3.8, 4) is 12.3 Å². The van der Waals surface area contributed by atoms with E-state index in [1.54, 1.807) is 0 Å². The van der Waals surface area contributed by atoms with Crippen LogP contribution in [0.4, 0.5) is 0 Å². The lowest BCUT2D eigenvalue weighted by atomic mass is 10.0. The Labute approximate surface area is 106 Å². The van der Waals surface area contributed by atoms with Crippen molar-refractivity contribution in [1.82, 2.24) is 5.32 Å². The van der Waals surface area contributed by atoms with Crippen LogP contribution in [-0.2, 0) is 0 Å². The maximum absolute atomic E-state index is 5.22. The molecule has 0 aliphatic heterocycles. The van der Waals surface area contributed by atoms with Gasteiger partial charge in [-0.3, -0.25) is 0 Å². The summed E-state index contributed by atoms with van der Waals surface area (Å²) in [5, 5.41) is 3.54. The molecule has 1 atom stereocenters. The first-order valence-corrected chi connectivity index (χ1v) is 6.38. The SMILES string of the molecule is C#CCCCCNC(C)c1cc(C)cc(C)c1. The largest absolute Gasteiger partial charge is 0.310 e. The summed E-state index contributed by atoms with van der Waals surface area (Å²) >= 11 is 0. The third-order valence-corrected chi connectivity index (χ3v) is 2.94. The molecule has 0 heterocycles. The molecular formula is C16H23N. The maximum Gasteiger partial charge on any atom is 0.0291 e. The predicted octanol–water partition coefficient (Wildman–Crippen LogP) is 3.76. The average Bonchev–Trinajstić information content (AvgIpc) is 2.27. The van der Waals surface area contributed by atoms with Crippen LogP contribution in [0.5, 0.6) is 0 Å².